The fraction of sp³-hybridized carbons (Fsp3) is 0.400. The minimum Gasteiger partial charge on any atom is -0.385 e. The number of hydrogen-bond donors (Lipinski definition) is 1. The summed E-state index contributed by atoms with van der Waals surface area (Å²) in [4.78, 5) is -0.109. The molecule has 3 rings (SSSR count). The van der Waals surface area contributed by atoms with Crippen molar-refractivity contribution in [2.45, 2.75) is 49.8 Å². The maximum atomic E-state index is 14.4. The van der Waals surface area contributed by atoms with Gasteiger partial charge in [0.2, 0.25) is 0 Å². The van der Waals surface area contributed by atoms with Crippen LogP contribution < -0.4 is 0 Å². The maximum absolute atomic E-state index is 14.4. The van der Waals surface area contributed by atoms with Crippen molar-refractivity contribution in [2.24, 2.45) is 0 Å². The third-order valence-electron chi connectivity index (χ3n) is 4.99. The van der Waals surface area contributed by atoms with Crippen molar-refractivity contribution in [3.05, 3.63) is 63.7 Å². The predicted octanol–water partition coefficient (Wildman–Crippen LogP) is 3.84. The first-order valence-electron chi connectivity index (χ1n) is 8.77. The molecule has 7 heteroatoms. The normalized spacial score (nSPS) is 19.3. The summed E-state index contributed by atoms with van der Waals surface area (Å²) in [5.74, 6) is -1.34. The van der Waals surface area contributed by atoms with Crippen LogP contribution in [0.1, 0.15) is 47.3 Å². The van der Waals surface area contributed by atoms with E-state index in [1.54, 1.807) is 0 Å². The fourth-order valence-electron chi connectivity index (χ4n) is 3.77. The summed E-state index contributed by atoms with van der Waals surface area (Å²) in [5.41, 5.74) is 1.83. The molecular weight excluding hydrogens is 377 g/mol. The molecule has 2 atom stereocenters. The standard InChI is InChI=1S/C20H21F3O3S/c1-3-4-11-7-13(21)9-16(22)14(11)8-12-5-6-18(27(2,25)26)19-15(12)10-17(23)20(19)24/h5-7,9,17,20,24H,3-4,8,10H2,1-2H3. The van der Waals surface area contributed by atoms with Crippen LogP contribution in [0.15, 0.2) is 29.2 Å². The van der Waals surface area contributed by atoms with Crippen LogP contribution >= 0.6 is 0 Å². The van der Waals surface area contributed by atoms with Gasteiger partial charge in [0.15, 0.2) is 9.84 Å². The Morgan fingerprint density at radius 2 is 1.89 bits per heavy atom. The van der Waals surface area contributed by atoms with Gasteiger partial charge in [-0.3, -0.25) is 0 Å². The number of rotatable bonds is 5. The lowest BCUT2D eigenvalue weighted by Crippen LogP contribution is -2.10. The van der Waals surface area contributed by atoms with Gasteiger partial charge in [0.1, 0.15) is 23.9 Å². The minimum atomic E-state index is -3.65. The fourth-order valence-corrected chi connectivity index (χ4v) is 4.73. The third kappa shape index (κ3) is 3.75. The molecule has 1 aliphatic carbocycles. The molecule has 0 heterocycles. The Hall–Kier alpha value is -1.86. The molecular formula is C20H21F3O3S. The third-order valence-corrected chi connectivity index (χ3v) is 6.15. The zero-order valence-electron chi connectivity index (χ0n) is 15.1. The van der Waals surface area contributed by atoms with Crippen molar-refractivity contribution in [1.82, 2.24) is 0 Å². The van der Waals surface area contributed by atoms with Crippen LogP contribution in [0, 0.1) is 11.6 Å². The van der Waals surface area contributed by atoms with E-state index in [0.717, 1.165) is 12.3 Å². The largest absolute Gasteiger partial charge is 0.385 e. The average Bonchev–Trinajstić information content (AvgIpc) is 2.86. The molecule has 1 N–H and O–H groups in total. The molecule has 0 saturated carbocycles. The van der Waals surface area contributed by atoms with E-state index < -0.39 is 33.7 Å². The summed E-state index contributed by atoms with van der Waals surface area (Å²) in [6, 6.07) is 4.95. The molecule has 0 aromatic heterocycles. The molecule has 0 bridgehead atoms. The molecule has 0 amide bonds. The van der Waals surface area contributed by atoms with Crippen molar-refractivity contribution >= 4 is 9.84 Å². The number of alkyl halides is 1. The summed E-state index contributed by atoms with van der Waals surface area (Å²) in [5, 5.41) is 10.2. The Labute approximate surface area is 156 Å². The van der Waals surface area contributed by atoms with Crippen LogP contribution in [0.4, 0.5) is 13.2 Å². The van der Waals surface area contributed by atoms with Gasteiger partial charge in [0.05, 0.1) is 4.90 Å². The monoisotopic (exact) mass is 398 g/mol. The minimum absolute atomic E-state index is 0.0575. The highest BCUT2D eigenvalue weighted by atomic mass is 32.2. The van der Waals surface area contributed by atoms with Crippen LogP contribution in [0.25, 0.3) is 0 Å². The second-order valence-corrected chi connectivity index (χ2v) is 8.99. The number of halogens is 3. The van der Waals surface area contributed by atoms with Gasteiger partial charge >= 0.3 is 0 Å². The molecule has 146 valence electrons. The Morgan fingerprint density at radius 3 is 2.52 bits per heavy atom. The zero-order valence-corrected chi connectivity index (χ0v) is 15.9. The first-order chi connectivity index (χ1) is 12.6. The van der Waals surface area contributed by atoms with Gasteiger partial charge in [-0.2, -0.15) is 0 Å². The van der Waals surface area contributed by atoms with Crippen LogP contribution in [0.5, 0.6) is 0 Å². The summed E-state index contributed by atoms with van der Waals surface area (Å²) in [6.45, 7) is 1.90. The number of hydrogen-bond acceptors (Lipinski definition) is 3. The lowest BCUT2D eigenvalue weighted by Gasteiger charge is -2.16. The van der Waals surface area contributed by atoms with Crippen LogP contribution in [0.3, 0.4) is 0 Å². The number of fused-ring (bicyclic) bond motifs is 1. The Bertz CT molecular complexity index is 986. The van der Waals surface area contributed by atoms with Crippen LogP contribution in [-0.2, 0) is 29.1 Å². The quantitative estimate of drug-likeness (QED) is 0.833. The van der Waals surface area contributed by atoms with E-state index in [0.29, 0.717) is 35.1 Å². The molecule has 0 saturated heterocycles. The summed E-state index contributed by atoms with van der Waals surface area (Å²) in [6.07, 6.45) is -1.02. The molecule has 3 nitrogen and oxygen atoms in total. The van der Waals surface area contributed by atoms with Crippen molar-refractivity contribution in [3.8, 4) is 0 Å². The van der Waals surface area contributed by atoms with Gasteiger partial charge in [-0.1, -0.05) is 19.4 Å². The van der Waals surface area contributed by atoms with Crippen LogP contribution in [0.2, 0.25) is 0 Å². The average molecular weight is 398 g/mol. The molecule has 2 aromatic rings. The second-order valence-electron chi connectivity index (χ2n) is 7.00. The number of sulfone groups is 1. The van der Waals surface area contributed by atoms with Gasteiger partial charge in [-0.15, -0.1) is 0 Å². The molecule has 1 aliphatic rings. The SMILES string of the molecule is CCCc1cc(F)cc(F)c1Cc1ccc(S(C)(=O)=O)c2c1CC(F)C2O. The topological polar surface area (TPSA) is 54.4 Å². The zero-order chi connectivity index (χ0) is 19.9. The summed E-state index contributed by atoms with van der Waals surface area (Å²) < 4.78 is 66.2. The predicted molar refractivity (Wildman–Crippen MR) is 96.3 cm³/mol. The first kappa shape index (κ1) is 19.9. The van der Waals surface area contributed by atoms with Gasteiger partial charge in [-0.05, 0) is 40.8 Å². The lowest BCUT2D eigenvalue weighted by molar-refractivity contribution is 0.0907. The van der Waals surface area contributed by atoms with Crippen molar-refractivity contribution in [3.63, 3.8) is 0 Å². The Balaban J connectivity index is 2.14. The number of aryl methyl sites for hydroxylation is 1. The number of aliphatic hydroxyl groups is 1. The van der Waals surface area contributed by atoms with Crippen molar-refractivity contribution in [1.29, 1.82) is 0 Å². The smallest absolute Gasteiger partial charge is 0.175 e. The van der Waals surface area contributed by atoms with E-state index in [4.69, 9.17) is 0 Å². The Morgan fingerprint density at radius 1 is 1.19 bits per heavy atom. The highest BCUT2D eigenvalue weighted by Crippen LogP contribution is 2.40. The molecule has 2 aromatic carbocycles. The summed E-state index contributed by atoms with van der Waals surface area (Å²) in [7, 11) is -3.65. The highest BCUT2D eigenvalue weighted by molar-refractivity contribution is 7.90. The highest BCUT2D eigenvalue weighted by Gasteiger charge is 2.37. The molecule has 0 radical (unpaired) electrons. The van der Waals surface area contributed by atoms with Crippen molar-refractivity contribution < 1.29 is 26.7 Å². The molecule has 0 spiro atoms. The second kappa shape index (κ2) is 7.28. The van der Waals surface area contributed by atoms with Gasteiger partial charge in [0, 0.05) is 30.7 Å². The van der Waals surface area contributed by atoms with Gasteiger partial charge < -0.3 is 5.11 Å². The van der Waals surface area contributed by atoms with Crippen LogP contribution in [-0.4, -0.2) is 26.0 Å². The Kier molecular flexibility index (Phi) is 5.36. The van der Waals surface area contributed by atoms with Gasteiger partial charge in [-0.25, -0.2) is 21.6 Å². The number of benzene rings is 2. The van der Waals surface area contributed by atoms with E-state index in [1.165, 1.54) is 18.2 Å². The van der Waals surface area contributed by atoms with E-state index in [2.05, 4.69) is 0 Å². The summed E-state index contributed by atoms with van der Waals surface area (Å²) >= 11 is 0. The molecule has 0 fully saturated rings. The first-order valence-corrected chi connectivity index (χ1v) is 10.7. The molecule has 2 unspecified atom stereocenters. The van der Waals surface area contributed by atoms with E-state index in [9.17, 15) is 26.7 Å². The molecule has 0 aliphatic heterocycles. The number of aliphatic hydroxyl groups excluding tert-OH is 1. The maximum Gasteiger partial charge on any atom is 0.175 e. The molecule has 27 heavy (non-hydrogen) atoms. The van der Waals surface area contributed by atoms with Gasteiger partial charge in [0.25, 0.3) is 0 Å². The lowest BCUT2D eigenvalue weighted by atomic mass is 9.92. The van der Waals surface area contributed by atoms with Crippen molar-refractivity contribution in [2.75, 3.05) is 6.26 Å². The van der Waals surface area contributed by atoms with E-state index >= 15 is 0 Å². The van der Waals surface area contributed by atoms with E-state index in [1.807, 2.05) is 6.92 Å². The van der Waals surface area contributed by atoms with E-state index in [-0.39, 0.29) is 23.3 Å².